The lowest BCUT2D eigenvalue weighted by Crippen LogP contribution is -2.58. The monoisotopic (exact) mass is 1480 g/mol. The number of carboxylic acid groups (broad SMARTS) is 9. The molecular formula is C64H101FN12O25Si. The molecule has 1 aliphatic heterocycles. The molecule has 0 bridgehead atoms. The number of carbonyl (C=O) groups excluding carboxylic acids is 7. The van der Waals surface area contributed by atoms with E-state index in [2.05, 4.69) is 31.9 Å². The van der Waals surface area contributed by atoms with E-state index in [1.54, 1.807) is 41.5 Å². The minimum absolute atomic E-state index is 0.00248. The van der Waals surface area contributed by atoms with Crippen LogP contribution in [0.3, 0.4) is 0 Å². The van der Waals surface area contributed by atoms with E-state index in [9.17, 15) is 118 Å². The van der Waals surface area contributed by atoms with Crippen molar-refractivity contribution in [1.82, 2.24) is 62.1 Å². The molecule has 0 unspecified atom stereocenters. The Kier molecular flexibility index (Phi) is 38.4. The number of nitrogens with zero attached hydrogens (tertiary/aromatic N) is 4. The van der Waals surface area contributed by atoms with Gasteiger partial charge in [-0.15, -0.1) is 0 Å². The molecule has 1 fully saturated rings. The van der Waals surface area contributed by atoms with Gasteiger partial charge in [-0.2, -0.15) is 0 Å². The molecule has 1 aromatic carbocycles. The molecule has 8 amide bonds. The number of amides is 8. The summed E-state index contributed by atoms with van der Waals surface area (Å²) >= 11 is 0. The minimum Gasteiger partial charge on any atom is -0.481 e. The lowest BCUT2D eigenvalue weighted by molar-refractivity contribution is -0.145. The molecule has 0 radical (unpaired) electrons. The van der Waals surface area contributed by atoms with Crippen LogP contribution < -0.4 is 47.7 Å². The number of halogens is 1. The molecule has 0 aromatic heterocycles. The van der Waals surface area contributed by atoms with Crippen LogP contribution in [0.1, 0.15) is 142 Å². The average molecular weight is 1490 g/mol. The molecule has 2 rings (SSSR count). The molecule has 1 aliphatic rings. The zero-order valence-electron chi connectivity index (χ0n) is 58.8. The third kappa shape index (κ3) is 33.9. The van der Waals surface area contributed by atoms with Gasteiger partial charge in [-0.1, -0.05) is 53.7 Å². The molecule has 103 heavy (non-hydrogen) atoms. The highest BCUT2D eigenvalue weighted by molar-refractivity contribution is 6.90. The van der Waals surface area contributed by atoms with Crippen LogP contribution in [-0.2, 0) is 67.1 Å². The van der Waals surface area contributed by atoms with Gasteiger partial charge in [-0.05, 0) is 85.2 Å². The maximum atomic E-state index is 17.1. The Morgan fingerprint density at radius 3 is 1.22 bits per heavy atom. The Balaban J connectivity index is 2.14. The third-order valence-electron chi connectivity index (χ3n) is 16.9. The first-order valence-corrected chi connectivity index (χ1v) is 35.4. The first-order chi connectivity index (χ1) is 48.0. The van der Waals surface area contributed by atoms with Crippen molar-refractivity contribution in [3.63, 3.8) is 0 Å². The zero-order chi connectivity index (χ0) is 78.0. The Hall–Kier alpha value is -9.47. The summed E-state index contributed by atoms with van der Waals surface area (Å²) < 4.78 is 17.1. The predicted octanol–water partition coefficient (Wildman–Crippen LogP) is -1.33. The smallest absolute Gasteiger partial charge is 0.326 e. The summed E-state index contributed by atoms with van der Waals surface area (Å²) in [6.45, 7) is 8.45. The van der Waals surface area contributed by atoms with E-state index in [1.165, 1.54) is 43.9 Å². The normalized spacial score (nSPS) is 15.6. The molecule has 0 spiro atoms. The molecule has 578 valence electrons. The SMILES string of the molecule is CC(C)(C)[Si](F)(c1ccc(C(=O)NC[C@H](NC(=O)CC[C@@H](C(=O)O)N2CCN(CC(=O)O)CCN(CC(=O)O)CCN(CC(=O)O)CC2)C(=O)N[C@@H](CCCCNC(=O)CCC(=O)NCCC[C@H](NC(=O)CC[C@H](NC(=O)N[C@@H](CCCC(=O)O)C(=O)O)C(=O)O)C(=O)O)C(=O)O)cc1)C(C)(C)C. The standard InChI is InChI=1S/C64H101FN12O25Si/c1-63(2,3)103(65,64(4,5)6)40-17-15-39(16-18-40)55(90)68-35-45(70-50(81)22-20-46(61(100)101)77-33-31-75(37-53(86)87)29-27-74(36-52(84)85)28-30-76(32-34-77)38-54(88)89)56(91)71-42(58(94)95)11-7-8-25-66-47(78)23-24-48(79)67-26-10-13-41(57(92)93)69-49(80)21-19-44(60(98)99)73-62(102)72-43(59(96)97)12-9-14-51(82)83/h15-18,41-46H,7-14,19-38H2,1-6H3,(H,66,78)(H,67,79)(H,68,90)(H,69,80)(H,70,81)(H,71,91)(H,82,83)(H,84,85)(H,86,87)(H,88,89)(H,92,93)(H,94,95)(H,96,97)(H,98,99)(H,100,101)(H2,72,73,102)/t41-,42-,43-,44-,45-,46-/m0/s1. The first kappa shape index (κ1) is 89.6. The number of nitrogens with one attached hydrogen (secondary N) is 8. The maximum absolute atomic E-state index is 17.1. The summed E-state index contributed by atoms with van der Waals surface area (Å²) in [6.07, 6.45) is -3.85. The summed E-state index contributed by atoms with van der Waals surface area (Å²) in [6, 6.07) is -4.98. The molecule has 1 saturated heterocycles. The van der Waals surface area contributed by atoms with Crippen molar-refractivity contribution < 1.29 is 127 Å². The largest absolute Gasteiger partial charge is 0.481 e. The van der Waals surface area contributed by atoms with Crippen LogP contribution >= 0.6 is 0 Å². The van der Waals surface area contributed by atoms with Gasteiger partial charge in [-0.3, -0.25) is 72.3 Å². The van der Waals surface area contributed by atoms with Crippen molar-refractivity contribution in [2.24, 2.45) is 0 Å². The fraction of sp³-hybridized carbons (Fsp3) is 0.656. The van der Waals surface area contributed by atoms with E-state index in [0.717, 1.165) is 0 Å². The summed E-state index contributed by atoms with van der Waals surface area (Å²) in [5, 5.41) is 105. The van der Waals surface area contributed by atoms with Gasteiger partial charge >= 0.3 is 59.8 Å². The molecule has 1 heterocycles. The van der Waals surface area contributed by atoms with E-state index >= 15 is 4.11 Å². The lowest BCUT2D eigenvalue weighted by Gasteiger charge is -2.44. The van der Waals surface area contributed by atoms with Crippen molar-refractivity contribution >= 4 is 109 Å². The molecule has 0 saturated carbocycles. The van der Waals surface area contributed by atoms with Crippen LogP contribution in [0, 0.1) is 0 Å². The number of benzene rings is 1. The van der Waals surface area contributed by atoms with E-state index in [0.29, 0.717) is 5.19 Å². The van der Waals surface area contributed by atoms with Crippen LogP contribution in [0.5, 0.6) is 0 Å². The highest BCUT2D eigenvalue weighted by Crippen LogP contribution is 2.51. The maximum Gasteiger partial charge on any atom is 0.326 e. The summed E-state index contributed by atoms with van der Waals surface area (Å²) in [5.41, 5.74) is 0.0386. The third-order valence-corrected chi connectivity index (χ3v) is 22.1. The van der Waals surface area contributed by atoms with Crippen LogP contribution in [0.2, 0.25) is 10.1 Å². The number of rotatable bonds is 44. The van der Waals surface area contributed by atoms with Gasteiger partial charge in [0, 0.05) is 110 Å². The number of hydrogen-bond acceptors (Lipinski definition) is 20. The van der Waals surface area contributed by atoms with Crippen molar-refractivity contribution in [2.45, 2.75) is 178 Å². The fourth-order valence-corrected chi connectivity index (χ4v) is 16.2. The number of unbranched alkanes of at least 4 members (excludes halogenated alkanes) is 1. The molecule has 37 nitrogen and oxygen atoms in total. The van der Waals surface area contributed by atoms with Crippen LogP contribution in [-0.4, -0.2) is 297 Å². The Labute approximate surface area is 594 Å². The molecule has 39 heteroatoms. The molecule has 17 N–H and O–H groups in total. The number of hydrogen-bond donors (Lipinski definition) is 17. The van der Waals surface area contributed by atoms with Gasteiger partial charge in [-0.25, -0.2) is 24.0 Å². The van der Waals surface area contributed by atoms with Crippen molar-refractivity contribution in [1.29, 1.82) is 0 Å². The molecule has 1 aromatic rings. The van der Waals surface area contributed by atoms with E-state index in [-0.39, 0.29) is 129 Å². The van der Waals surface area contributed by atoms with Gasteiger partial charge < -0.3 is 92.6 Å². The minimum atomic E-state index is -3.77. The lowest BCUT2D eigenvalue weighted by atomic mass is 10.1. The van der Waals surface area contributed by atoms with Gasteiger partial charge in [0.05, 0.1) is 19.6 Å². The van der Waals surface area contributed by atoms with Crippen LogP contribution in [0.25, 0.3) is 0 Å². The van der Waals surface area contributed by atoms with Crippen molar-refractivity contribution in [3.8, 4) is 0 Å². The number of urea groups is 1. The van der Waals surface area contributed by atoms with Crippen LogP contribution in [0.15, 0.2) is 24.3 Å². The average Bonchev–Trinajstić information content (AvgIpc) is 0.748. The second-order valence-electron chi connectivity index (χ2n) is 26.9. The highest BCUT2D eigenvalue weighted by atomic mass is 28.4. The molecular weight excluding hydrogens is 1380 g/mol. The predicted molar refractivity (Wildman–Crippen MR) is 364 cm³/mol. The summed E-state index contributed by atoms with van der Waals surface area (Å²) in [4.78, 5) is 205. The highest BCUT2D eigenvalue weighted by Gasteiger charge is 2.56. The van der Waals surface area contributed by atoms with Gasteiger partial charge in [0.15, 0.2) is 0 Å². The first-order valence-electron chi connectivity index (χ1n) is 33.5. The van der Waals surface area contributed by atoms with E-state index in [4.69, 9.17) is 5.11 Å². The van der Waals surface area contributed by atoms with Crippen molar-refractivity contribution in [3.05, 3.63) is 29.8 Å². The molecule has 6 atom stereocenters. The van der Waals surface area contributed by atoms with Crippen molar-refractivity contribution in [2.75, 3.05) is 91.6 Å². The Bertz CT molecular complexity index is 3070. The number of carbonyl (C=O) groups is 16. The van der Waals surface area contributed by atoms with Crippen LogP contribution in [0.4, 0.5) is 8.90 Å². The van der Waals surface area contributed by atoms with Gasteiger partial charge in [0.2, 0.25) is 29.5 Å². The van der Waals surface area contributed by atoms with E-state index < -0.39 is 208 Å². The van der Waals surface area contributed by atoms with Gasteiger partial charge in [0.25, 0.3) is 14.3 Å². The number of aliphatic carboxylic acids is 9. The Morgan fingerprint density at radius 1 is 0.408 bits per heavy atom. The topological polar surface area (TPSA) is 564 Å². The zero-order valence-corrected chi connectivity index (χ0v) is 59.8. The summed E-state index contributed by atoms with van der Waals surface area (Å²) in [7, 11) is -3.77. The number of carboxylic acids is 9. The second kappa shape index (κ2) is 44.1. The van der Waals surface area contributed by atoms with Gasteiger partial charge in [0.1, 0.15) is 36.3 Å². The fourth-order valence-electron chi connectivity index (χ4n) is 11.6. The summed E-state index contributed by atoms with van der Waals surface area (Å²) in [5.74, 6) is -17.3. The molecule has 0 aliphatic carbocycles. The van der Waals surface area contributed by atoms with E-state index in [1.807, 2.05) is 10.6 Å². The quantitative estimate of drug-likeness (QED) is 0.0205. The second-order valence-corrected chi connectivity index (χ2v) is 31.8. The Morgan fingerprint density at radius 2 is 0.796 bits per heavy atom.